The van der Waals surface area contributed by atoms with E-state index in [0.29, 0.717) is 13.1 Å². The summed E-state index contributed by atoms with van der Waals surface area (Å²) in [6, 6.07) is 0. The van der Waals surface area contributed by atoms with E-state index in [1.54, 1.807) is 0 Å². The van der Waals surface area contributed by atoms with E-state index in [0.717, 1.165) is 47.7 Å². The van der Waals surface area contributed by atoms with Crippen molar-refractivity contribution < 1.29 is 49.5 Å². The molecule has 0 heterocycles. The van der Waals surface area contributed by atoms with Crippen LogP contribution in [-0.4, -0.2) is 111 Å². The van der Waals surface area contributed by atoms with Crippen LogP contribution in [0, 0.1) is 0 Å². The Morgan fingerprint density at radius 3 is 0.750 bits per heavy atom. The van der Waals surface area contributed by atoms with Crippen molar-refractivity contribution in [2.45, 2.75) is 34.6 Å². The maximum atomic E-state index is 9.00. The first-order valence-electron chi connectivity index (χ1n) is 7.16. The third kappa shape index (κ3) is 2630. The van der Waals surface area contributed by atoms with Gasteiger partial charge in [-0.1, -0.05) is 0 Å². The standard InChI is InChI=1S/C4H13N3.5C2H4O2.Na/c5-1-3-7-4-2-6;5*1-2(3)4;/h7H,1-6H2;5*1H3,(H,3,4);. The number of nitrogens with one attached hydrogen (secondary N) is 1. The predicted molar refractivity (Wildman–Crippen MR) is 103 cm³/mol. The molecule has 0 aliphatic heterocycles. The molecule has 0 saturated heterocycles. The summed E-state index contributed by atoms with van der Waals surface area (Å²) in [5, 5.41) is 40.1. The Balaban J connectivity index is -0.0000000382. The summed E-state index contributed by atoms with van der Waals surface area (Å²) in [6.45, 7) is 8.55. The summed E-state index contributed by atoms with van der Waals surface area (Å²) in [7, 11) is 0. The molecular formula is C14H33N3NaO10. The molecule has 0 saturated carbocycles. The van der Waals surface area contributed by atoms with E-state index in [1.165, 1.54) is 0 Å². The molecule has 0 aliphatic rings. The van der Waals surface area contributed by atoms with E-state index in [-0.39, 0.29) is 29.6 Å². The fourth-order valence-electron chi connectivity index (χ4n) is 0.329. The molecule has 0 unspecified atom stereocenters. The molecule has 0 aromatic carbocycles. The monoisotopic (exact) mass is 426 g/mol. The fraction of sp³-hybridized carbons (Fsp3) is 0.643. The van der Waals surface area contributed by atoms with Crippen LogP contribution in [0.1, 0.15) is 34.6 Å². The van der Waals surface area contributed by atoms with Crippen LogP contribution in [0.25, 0.3) is 0 Å². The van der Waals surface area contributed by atoms with Gasteiger partial charge in [0.2, 0.25) is 0 Å². The third-order valence-corrected chi connectivity index (χ3v) is 0.642. The second-order valence-corrected chi connectivity index (χ2v) is 3.92. The van der Waals surface area contributed by atoms with Crippen LogP contribution in [0.4, 0.5) is 0 Å². The number of hydrogen-bond donors (Lipinski definition) is 8. The molecule has 0 fully saturated rings. The number of rotatable bonds is 4. The first-order valence-corrected chi connectivity index (χ1v) is 7.16. The minimum Gasteiger partial charge on any atom is -0.481 e. The normalized spacial score (nSPS) is 6.82. The Kier molecular flexibility index (Phi) is 71.9. The predicted octanol–water partition coefficient (Wildman–Crippen LogP) is -1.43. The van der Waals surface area contributed by atoms with Crippen molar-refractivity contribution in [3.63, 3.8) is 0 Å². The van der Waals surface area contributed by atoms with Gasteiger partial charge in [-0.25, -0.2) is 0 Å². The molecule has 0 aromatic rings. The van der Waals surface area contributed by atoms with Gasteiger partial charge in [-0.15, -0.1) is 0 Å². The maximum Gasteiger partial charge on any atom is 0.300 e. The van der Waals surface area contributed by atoms with Crippen molar-refractivity contribution in [1.82, 2.24) is 5.32 Å². The number of carbonyl (C=O) groups is 5. The van der Waals surface area contributed by atoms with Crippen molar-refractivity contribution in [1.29, 1.82) is 0 Å². The van der Waals surface area contributed by atoms with Crippen LogP contribution in [0.2, 0.25) is 0 Å². The van der Waals surface area contributed by atoms with E-state index in [4.69, 9.17) is 61.0 Å². The third-order valence-electron chi connectivity index (χ3n) is 0.642. The first kappa shape index (κ1) is 45.2. The Hall–Kier alpha value is -1.77. The number of aliphatic carboxylic acids is 5. The molecule has 0 aliphatic carbocycles. The van der Waals surface area contributed by atoms with E-state index < -0.39 is 29.8 Å². The number of nitrogens with two attached hydrogens (primary N) is 2. The van der Waals surface area contributed by atoms with Crippen LogP contribution >= 0.6 is 0 Å². The van der Waals surface area contributed by atoms with Crippen LogP contribution in [0.3, 0.4) is 0 Å². The summed E-state index contributed by atoms with van der Waals surface area (Å²) >= 11 is 0. The summed E-state index contributed by atoms with van der Waals surface area (Å²) in [4.78, 5) is 45.0. The molecule has 0 amide bonds. The molecule has 28 heavy (non-hydrogen) atoms. The average Bonchev–Trinajstić information content (AvgIpc) is 2.35. The molecule has 10 N–H and O–H groups in total. The van der Waals surface area contributed by atoms with Gasteiger partial charge in [0.05, 0.1) is 0 Å². The molecule has 0 spiro atoms. The summed E-state index contributed by atoms with van der Waals surface area (Å²) < 4.78 is 0. The van der Waals surface area contributed by atoms with Gasteiger partial charge in [0.25, 0.3) is 29.8 Å². The van der Waals surface area contributed by atoms with Crippen molar-refractivity contribution in [3.05, 3.63) is 0 Å². The van der Waals surface area contributed by atoms with E-state index in [9.17, 15) is 0 Å². The van der Waals surface area contributed by atoms with Gasteiger partial charge >= 0.3 is 0 Å². The SMILES string of the molecule is CC(=O)O.CC(=O)O.CC(=O)O.CC(=O)O.CC(=O)O.NCCNCCN.[Na]. The van der Waals surface area contributed by atoms with E-state index >= 15 is 0 Å². The Bertz CT molecular complexity index is 289. The molecule has 0 aromatic heterocycles. The molecule has 165 valence electrons. The zero-order valence-electron chi connectivity index (χ0n) is 17.3. The van der Waals surface area contributed by atoms with Gasteiger partial charge in [0, 0.05) is 90.4 Å². The molecular weight excluding hydrogens is 393 g/mol. The Morgan fingerprint density at radius 1 is 0.571 bits per heavy atom. The molecule has 0 bridgehead atoms. The molecule has 0 atom stereocenters. The van der Waals surface area contributed by atoms with Crippen LogP contribution in [0.15, 0.2) is 0 Å². The van der Waals surface area contributed by atoms with Gasteiger partial charge in [0.15, 0.2) is 0 Å². The van der Waals surface area contributed by atoms with Crippen LogP contribution in [0.5, 0.6) is 0 Å². The molecule has 0 rings (SSSR count). The summed E-state index contributed by atoms with van der Waals surface area (Å²) in [5.41, 5.74) is 10.3. The summed E-state index contributed by atoms with van der Waals surface area (Å²) in [6.07, 6.45) is 0. The molecule has 14 heteroatoms. The van der Waals surface area contributed by atoms with Crippen molar-refractivity contribution in [3.8, 4) is 0 Å². The maximum absolute atomic E-state index is 9.00. The van der Waals surface area contributed by atoms with Crippen LogP contribution in [-0.2, 0) is 24.0 Å². The zero-order chi connectivity index (χ0) is 23.4. The van der Waals surface area contributed by atoms with Crippen molar-refractivity contribution in [2.24, 2.45) is 11.5 Å². The van der Waals surface area contributed by atoms with Gasteiger partial charge in [-0.3, -0.25) is 24.0 Å². The molecule has 13 nitrogen and oxygen atoms in total. The molecule has 1 radical (unpaired) electrons. The summed E-state index contributed by atoms with van der Waals surface area (Å²) in [5.74, 6) is -4.17. The minimum absolute atomic E-state index is 0. The number of carboxylic acids is 5. The van der Waals surface area contributed by atoms with Gasteiger partial charge in [-0.05, 0) is 0 Å². The van der Waals surface area contributed by atoms with Crippen molar-refractivity contribution in [2.75, 3.05) is 26.2 Å². The van der Waals surface area contributed by atoms with Gasteiger partial charge in [0.1, 0.15) is 0 Å². The second kappa shape index (κ2) is 44.6. The van der Waals surface area contributed by atoms with Crippen molar-refractivity contribution >= 4 is 59.4 Å². The largest absolute Gasteiger partial charge is 0.481 e. The zero-order valence-corrected chi connectivity index (χ0v) is 19.3. The smallest absolute Gasteiger partial charge is 0.300 e. The number of hydrogen-bond acceptors (Lipinski definition) is 8. The fourth-order valence-corrected chi connectivity index (χ4v) is 0.329. The van der Waals surface area contributed by atoms with Gasteiger partial charge in [-0.2, -0.15) is 0 Å². The van der Waals surface area contributed by atoms with Crippen LogP contribution < -0.4 is 16.8 Å². The topological polar surface area (TPSA) is 251 Å². The minimum atomic E-state index is -0.833. The number of carboxylic acid groups (broad SMARTS) is 5. The average molecular weight is 426 g/mol. The Labute approximate surface area is 186 Å². The van der Waals surface area contributed by atoms with E-state index in [2.05, 4.69) is 5.32 Å². The first-order chi connectivity index (χ1) is 12.1. The van der Waals surface area contributed by atoms with E-state index in [1.807, 2.05) is 0 Å². The van der Waals surface area contributed by atoms with Gasteiger partial charge < -0.3 is 42.3 Å². The second-order valence-electron chi connectivity index (χ2n) is 3.92. The Morgan fingerprint density at radius 2 is 0.679 bits per heavy atom. The quantitative estimate of drug-likeness (QED) is 0.190.